The zero-order chi connectivity index (χ0) is 10.2. The third kappa shape index (κ3) is 0.848. The Balaban J connectivity index is 1.67. The molecule has 4 aliphatic rings. The molecule has 0 N–H and O–H groups in total. The summed E-state index contributed by atoms with van der Waals surface area (Å²) in [6, 6.07) is 0. The van der Waals surface area contributed by atoms with Crippen molar-refractivity contribution < 1.29 is 18.9 Å². The first-order valence-corrected chi connectivity index (χ1v) is 5.71. The van der Waals surface area contributed by atoms with Crippen molar-refractivity contribution in [1.29, 1.82) is 0 Å². The first kappa shape index (κ1) is 8.93. The number of rotatable bonds is 2. The van der Waals surface area contributed by atoms with Crippen LogP contribution in [0.3, 0.4) is 0 Å². The van der Waals surface area contributed by atoms with Gasteiger partial charge in [0, 0.05) is 37.9 Å². The molecule has 4 unspecified atom stereocenters. The van der Waals surface area contributed by atoms with E-state index in [4.69, 9.17) is 18.9 Å². The van der Waals surface area contributed by atoms with Crippen LogP contribution >= 0.6 is 0 Å². The molecule has 2 heterocycles. The summed E-state index contributed by atoms with van der Waals surface area (Å²) in [7, 11) is 3.47. The average Bonchev–Trinajstić information content (AvgIpc) is 2.75. The Morgan fingerprint density at radius 2 is 1.33 bits per heavy atom. The van der Waals surface area contributed by atoms with Crippen molar-refractivity contribution in [3.05, 3.63) is 0 Å². The average molecular weight is 212 g/mol. The number of hydrogen-bond donors (Lipinski definition) is 0. The van der Waals surface area contributed by atoms with Gasteiger partial charge in [-0.25, -0.2) is 0 Å². The van der Waals surface area contributed by atoms with E-state index < -0.39 is 0 Å². The fourth-order valence-corrected chi connectivity index (χ4v) is 4.31. The minimum absolute atomic E-state index is 0.00305. The van der Waals surface area contributed by atoms with Gasteiger partial charge in [0.1, 0.15) is 0 Å². The van der Waals surface area contributed by atoms with Gasteiger partial charge in [-0.05, 0) is 6.42 Å². The largest absolute Gasteiger partial charge is 0.356 e. The molecule has 4 nitrogen and oxygen atoms in total. The Morgan fingerprint density at radius 3 is 1.73 bits per heavy atom. The molecule has 15 heavy (non-hydrogen) atoms. The molecule has 4 fully saturated rings. The second kappa shape index (κ2) is 2.74. The van der Waals surface area contributed by atoms with E-state index in [1.165, 1.54) is 0 Å². The lowest BCUT2D eigenvalue weighted by atomic mass is 9.68. The van der Waals surface area contributed by atoms with Crippen LogP contribution in [0, 0.1) is 23.7 Å². The van der Waals surface area contributed by atoms with Crippen molar-refractivity contribution in [3.63, 3.8) is 0 Å². The Bertz CT molecular complexity index is 262. The molecule has 0 aromatic carbocycles. The number of fused-ring (bicyclic) bond motifs is 1. The fraction of sp³-hybridized carbons (Fsp3) is 1.00. The molecule has 4 heteroatoms. The van der Waals surface area contributed by atoms with E-state index in [0.717, 1.165) is 6.42 Å². The monoisotopic (exact) mass is 212 g/mol. The van der Waals surface area contributed by atoms with Crippen molar-refractivity contribution in [3.8, 4) is 0 Å². The maximum atomic E-state index is 5.86. The first-order chi connectivity index (χ1) is 7.35. The van der Waals surface area contributed by atoms with Crippen LogP contribution in [0.2, 0.25) is 0 Å². The van der Waals surface area contributed by atoms with Crippen molar-refractivity contribution in [1.82, 2.24) is 0 Å². The van der Waals surface area contributed by atoms with Gasteiger partial charge in [-0.2, -0.15) is 0 Å². The summed E-state index contributed by atoms with van der Waals surface area (Å²) >= 11 is 0. The second-order valence-electron chi connectivity index (χ2n) is 5.13. The Labute approximate surface area is 88.8 Å². The van der Waals surface area contributed by atoms with Gasteiger partial charge in [-0.15, -0.1) is 0 Å². The highest BCUT2D eigenvalue weighted by molar-refractivity contribution is 5.17. The lowest BCUT2D eigenvalue weighted by Gasteiger charge is -2.40. The van der Waals surface area contributed by atoms with Crippen molar-refractivity contribution >= 4 is 0 Å². The van der Waals surface area contributed by atoms with E-state index in [1.807, 2.05) is 0 Å². The SMILES string of the molecule is CO[C@@H]1O[C@@H]2C3C1CC1C3[C@@H]2O[C@@H]1OC. The predicted octanol–water partition coefficient (Wildman–Crippen LogP) is 0.611. The van der Waals surface area contributed by atoms with Crippen LogP contribution < -0.4 is 0 Å². The maximum Gasteiger partial charge on any atom is 0.160 e. The van der Waals surface area contributed by atoms with Gasteiger partial charge in [-0.3, -0.25) is 0 Å². The molecule has 0 amide bonds. The normalized spacial score (nSPS) is 64.4. The molecule has 4 rings (SSSR count). The molecule has 0 aromatic heterocycles. The van der Waals surface area contributed by atoms with Crippen molar-refractivity contribution in [2.24, 2.45) is 23.7 Å². The molecule has 0 radical (unpaired) electrons. The van der Waals surface area contributed by atoms with Gasteiger partial charge >= 0.3 is 0 Å². The smallest absolute Gasteiger partial charge is 0.160 e. The minimum atomic E-state index is -0.00305. The number of hydrogen-bond acceptors (Lipinski definition) is 4. The summed E-state index contributed by atoms with van der Waals surface area (Å²) in [5.41, 5.74) is 0. The summed E-state index contributed by atoms with van der Waals surface area (Å²) in [4.78, 5) is 0. The Hall–Kier alpha value is -0.160. The van der Waals surface area contributed by atoms with Crippen LogP contribution in [0.25, 0.3) is 0 Å². The predicted molar refractivity (Wildman–Crippen MR) is 49.9 cm³/mol. The minimum Gasteiger partial charge on any atom is -0.356 e. The topological polar surface area (TPSA) is 36.9 Å². The number of methoxy groups -OCH3 is 2. The summed E-state index contributed by atoms with van der Waals surface area (Å²) in [5.74, 6) is 2.50. The zero-order valence-corrected chi connectivity index (χ0v) is 8.96. The van der Waals surface area contributed by atoms with Gasteiger partial charge in [-0.1, -0.05) is 0 Å². The van der Waals surface area contributed by atoms with Crippen LogP contribution in [0.15, 0.2) is 0 Å². The maximum absolute atomic E-state index is 5.86. The van der Waals surface area contributed by atoms with Gasteiger partial charge in [0.05, 0.1) is 12.2 Å². The van der Waals surface area contributed by atoms with E-state index in [-0.39, 0.29) is 24.8 Å². The zero-order valence-electron chi connectivity index (χ0n) is 8.96. The van der Waals surface area contributed by atoms with E-state index >= 15 is 0 Å². The van der Waals surface area contributed by atoms with Crippen LogP contribution in [0.1, 0.15) is 6.42 Å². The molecule has 0 spiro atoms. The Morgan fingerprint density at radius 1 is 0.867 bits per heavy atom. The van der Waals surface area contributed by atoms with E-state index in [1.54, 1.807) is 14.2 Å². The van der Waals surface area contributed by atoms with Crippen LogP contribution in [-0.2, 0) is 18.9 Å². The Kier molecular flexibility index (Phi) is 1.63. The highest BCUT2D eigenvalue weighted by Crippen LogP contribution is 2.66. The third-order valence-electron chi connectivity index (χ3n) is 4.81. The van der Waals surface area contributed by atoms with Crippen LogP contribution in [0.5, 0.6) is 0 Å². The lowest BCUT2D eigenvalue weighted by Crippen LogP contribution is -2.51. The molecule has 84 valence electrons. The van der Waals surface area contributed by atoms with E-state index in [0.29, 0.717) is 23.7 Å². The van der Waals surface area contributed by atoms with Gasteiger partial charge in [0.15, 0.2) is 12.6 Å². The molecule has 2 saturated carbocycles. The highest BCUT2D eigenvalue weighted by Gasteiger charge is 2.73. The van der Waals surface area contributed by atoms with Crippen molar-refractivity contribution in [2.75, 3.05) is 14.2 Å². The van der Waals surface area contributed by atoms with E-state index in [9.17, 15) is 0 Å². The third-order valence-corrected chi connectivity index (χ3v) is 4.81. The number of ether oxygens (including phenoxy) is 4. The molecule has 2 aliphatic carbocycles. The second-order valence-corrected chi connectivity index (χ2v) is 5.13. The van der Waals surface area contributed by atoms with Gasteiger partial charge in [0.2, 0.25) is 0 Å². The van der Waals surface area contributed by atoms with Gasteiger partial charge in [0.25, 0.3) is 0 Å². The van der Waals surface area contributed by atoms with Crippen LogP contribution in [-0.4, -0.2) is 39.0 Å². The quantitative estimate of drug-likeness (QED) is 0.672. The standard InChI is InChI=1S/C11H16O4/c1-12-10-4-3-5-7-6(4)8(14-10)9(7)15-11(5)13-2/h4-11H,3H2,1-2H3/t4?,5?,6?,7?,8-,9+,10-,11+. The summed E-state index contributed by atoms with van der Waals surface area (Å²) in [6.45, 7) is 0. The highest BCUT2D eigenvalue weighted by atomic mass is 16.7. The summed E-state index contributed by atoms with van der Waals surface area (Å²) in [6.07, 6.45) is 1.68. The molecule has 2 saturated heterocycles. The molecule has 2 aliphatic heterocycles. The summed E-state index contributed by atoms with van der Waals surface area (Å²) < 4.78 is 22.5. The lowest BCUT2D eigenvalue weighted by molar-refractivity contribution is -0.204. The molecule has 0 bridgehead atoms. The summed E-state index contributed by atoms with van der Waals surface area (Å²) in [5, 5.41) is 0. The first-order valence-electron chi connectivity index (χ1n) is 5.71. The molecule has 8 atom stereocenters. The molecular weight excluding hydrogens is 196 g/mol. The molecule has 0 aromatic rings. The van der Waals surface area contributed by atoms with Crippen LogP contribution in [0.4, 0.5) is 0 Å². The van der Waals surface area contributed by atoms with Gasteiger partial charge < -0.3 is 18.9 Å². The fourth-order valence-electron chi connectivity index (χ4n) is 4.31. The van der Waals surface area contributed by atoms with E-state index in [2.05, 4.69) is 0 Å². The molecular formula is C11H16O4. The van der Waals surface area contributed by atoms with Crippen molar-refractivity contribution in [2.45, 2.75) is 31.2 Å².